The number of ether oxygens (including phenoxy) is 4. The summed E-state index contributed by atoms with van der Waals surface area (Å²) in [5, 5.41) is 18.3. The quantitative estimate of drug-likeness (QED) is 0.570. The van der Waals surface area contributed by atoms with Crippen LogP contribution in [0.25, 0.3) is 0 Å². The SMILES string of the molecule is OC[C@H](O)[C@H]1OCO[C@H]2COCO[C@@H]12. The number of rotatable bonds is 2. The Morgan fingerprint density at radius 1 is 1.21 bits per heavy atom. The van der Waals surface area contributed by atoms with E-state index < -0.39 is 12.2 Å². The normalized spacial score (nSPS) is 40.3. The minimum Gasteiger partial charge on any atom is -0.394 e. The van der Waals surface area contributed by atoms with E-state index in [1.165, 1.54) is 0 Å². The largest absolute Gasteiger partial charge is 0.394 e. The van der Waals surface area contributed by atoms with E-state index in [9.17, 15) is 5.11 Å². The lowest BCUT2D eigenvalue weighted by atomic mass is 10.0. The Morgan fingerprint density at radius 2 is 2.07 bits per heavy atom. The van der Waals surface area contributed by atoms with Crippen molar-refractivity contribution in [1.29, 1.82) is 0 Å². The van der Waals surface area contributed by atoms with Gasteiger partial charge in [0.1, 0.15) is 38.0 Å². The maximum atomic E-state index is 9.47. The van der Waals surface area contributed by atoms with Crippen LogP contribution in [-0.4, -0.2) is 61.4 Å². The van der Waals surface area contributed by atoms with Crippen LogP contribution in [0.4, 0.5) is 0 Å². The van der Waals surface area contributed by atoms with Crippen molar-refractivity contribution >= 4 is 0 Å². The minimum absolute atomic E-state index is 0.0929. The van der Waals surface area contributed by atoms with Gasteiger partial charge >= 0.3 is 0 Å². The smallest absolute Gasteiger partial charge is 0.147 e. The summed E-state index contributed by atoms with van der Waals surface area (Å²) in [4.78, 5) is 0. The molecule has 0 bridgehead atoms. The molecule has 6 heteroatoms. The lowest BCUT2D eigenvalue weighted by Gasteiger charge is -2.41. The molecule has 2 aliphatic heterocycles. The van der Waals surface area contributed by atoms with E-state index in [0.29, 0.717) is 6.61 Å². The highest BCUT2D eigenvalue weighted by molar-refractivity contribution is 4.87. The van der Waals surface area contributed by atoms with Crippen LogP contribution in [-0.2, 0) is 18.9 Å². The number of fused-ring (bicyclic) bond motifs is 1. The molecule has 0 spiro atoms. The third-order valence-electron chi connectivity index (χ3n) is 2.43. The molecule has 0 aromatic rings. The number of aliphatic hydroxyl groups excluding tert-OH is 2. The third kappa shape index (κ3) is 1.90. The van der Waals surface area contributed by atoms with E-state index in [1.807, 2.05) is 0 Å². The summed E-state index contributed by atoms with van der Waals surface area (Å²) in [6, 6.07) is 0. The number of aliphatic hydroxyl groups is 2. The summed E-state index contributed by atoms with van der Waals surface area (Å²) < 4.78 is 20.8. The topological polar surface area (TPSA) is 77.4 Å². The van der Waals surface area contributed by atoms with Gasteiger partial charge in [-0.15, -0.1) is 0 Å². The minimum atomic E-state index is -0.940. The zero-order valence-electron chi connectivity index (χ0n) is 7.67. The van der Waals surface area contributed by atoms with Gasteiger partial charge in [-0.1, -0.05) is 0 Å². The van der Waals surface area contributed by atoms with E-state index in [4.69, 9.17) is 24.1 Å². The second-order valence-electron chi connectivity index (χ2n) is 3.32. The molecule has 2 heterocycles. The molecule has 82 valence electrons. The maximum Gasteiger partial charge on any atom is 0.147 e. The molecule has 6 nitrogen and oxygen atoms in total. The van der Waals surface area contributed by atoms with E-state index in [0.717, 1.165) is 0 Å². The van der Waals surface area contributed by atoms with Gasteiger partial charge in [0.2, 0.25) is 0 Å². The summed E-state index contributed by atoms with van der Waals surface area (Å²) in [7, 11) is 0. The predicted octanol–water partition coefficient (Wildman–Crippen LogP) is -1.55. The van der Waals surface area contributed by atoms with Crippen LogP contribution < -0.4 is 0 Å². The Morgan fingerprint density at radius 3 is 2.86 bits per heavy atom. The molecule has 0 aromatic heterocycles. The summed E-state index contributed by atoms with van der Waals surface area (Å²) in [6.07, 6.45) is -2.06. The molecule has 2 fully saturated rings. The average molecular weight is 206 g/mol. The van der Waals surface area contributed by atoms with Crippen molar-refractivity contribution in [2.24, 2.45) is 0 Å². The lowest BCUT2D eigenvalue weighted by Crippen LogP contribution is -2.57. The molecule has 0 aromatic carbocycles. The highest BCUT2D eigenvalue weighted by Gasteiger charge is 2.41. The number of hydrogen-bond acceptors (Lipinski definition) is 6. The van der Waals surface area contributed by atoms with E-state index in [1.54, 1.807) is 0 Å². The van der Waals surface area contributed by atoms with Crippen LogP contribution in [0.5, 0.6) is 0 Å². The molecule has 2 aliphatic rings. The van der Waals surface area contributed by atoms with Crippen LogP contribution >= 0.6 is 0 Å². The van der Waals surface area contributed by atoms with Crippen molar-refractivity contribution in [3.8, 4) is 0 Å². The first-order valence-electron chi connectivity index (χ1n) is 4.54. The van der Waals surface area contributed by atoms with Crippen LogP contribution in [0.1, 0.15) is 0 Å². The fourth-order valence-electron chi connectivity index (χ4n) is 1.68. The van der Waals surface area contributed by atoms with Gasteiger partial charge in [-0.25, -0.2) is 0 Å². The van der Waals surface area contributed by atoms with Gasteiger partial charge in [0.15, 0.2) is 0 Å². The van der Waals surface area contributed by atoms with Crippen molar-refractivity contribution in [2.45, 2.75) is 24.4 Å². The van der Waals surface area contributed by atoms with E-state index in [2.05, 4.69) is 0 Å². The van der Waals surface area contributed by atoms with Crippen LogP contribution in [0.2, 0.25) is 0 Å². The summed E-state index contributed by atoms with van der Waals surface area (Å²) in [5.74, 6) is 0. The number of hydrogen-bond donors (Lipinski definition) is 2. The molecule has 2 N–H and O–H groups in total. The van der Waals surface area contributed by atoms with Crippen molar-refractivity contribution in [3.05, 3.63) is 0 Å². The second-order valence-corrected chi connectivity index (χ2v) is 3.32. The van der Waals surface area contributed by atoms with Crippen molar-refractivity contribution in [3.63, 3.8) is 0 Å². The summed E-state index contributed by atoms with van der Waals surface area (Å²) in [5.41, 5.74) is 0. The average Bonchev–Trinajstić information content (AvgIpc) is 2.27. The van der Waals surface area contributed by atoms with Gasteiger partial charge in [0, 0.05) is 0 Å². The first kappa shape index (κ1) is 10.3. The van der Waals surface area contributed by atoms with E-state index >= 15 is 0 Å². The van der Waals surface area contributed by atoms with Crippen molar-refractivity contribution < 1.29 is 29.2 Å². The molecule has 0 radical (unpaired) electrons. The Balaban J connectivity index is 2.01. The molecular formula is C8H14O6. The molecule has 2 rings (SSSR count). The third-order valence-corrected chi connectivity index (χ3v) is 2.43. The van der Waals surface area contributed by atoms with Gasteiger partial charge in [0.25, 0.3) is 0 Å². The highest BCUT2D eigenvalue weighted by atomic mass is 16.8. The highest BCUT2D eigenvalue weighted by Crippen LogP contribution is 2.23. The second kappa shape index (κ2) is 4.52. The molecule has 0 saturated carbocycles. The molecule has 0 aliphatic carbocycles. The van der Waals surface area contributed by atoms with Crippen LogP contribution in [0.3, 0.4) is 0 Å². The fourth-order valence-corrected chi connectivity index (χ4v) is 1.68. The van der Waals surface area contributed by atoms with E-state index in [-0.39, 0.29) is 32.4 Å². The first-order valence-corrected chi connectivity index (χ1v) is 4.54. The lowest BCUT2D eigenvalue weighted by molar-refractivity contribution is -0.314. The Labute approximate surface area is 81.3 Å². The van der Waals surface area contributed by atoms with Gasteiger partial charge < -0.3 is 29.2 Å². The molecule has 0 amide bonds. The fraction of sp³-hybridized carbons (Fsp3) is 1.00. The van der Waals surface area contributed by atoms with Gasteiger partial charge in [-0.05, 0) is 0 Å². The molecule has 4 atom stereocenters. The molecule has 14 heavy (non-hydrogen) atoms. The monoisotopic (exact) mass is 206 g/mol. The molecular weight excluding hydrogens is 192 g/mol. The predicted molar refractivity (Wildman–Crippen MR) is 43.4 cm³/mol. The van der Waals surface area contributed by atoms with Crippen molar-refractivity contribution in [1.82, 2.24) is 0 Å². The van der Waals surface area contributed by atoms with Gasteiger partial charge in [0.05, 0.1) is 13.2 Å². The zero-order valence-corrected chi connectivity index (χ0v) is 7.67. The van der Waals surface area contributed by atoms with Gasteiger partial charge in [-0.3, -0.25) is 0 Å². The summed E-state index contributed by atoms with van der Waals surface area (Å²) >= 11 is 0. The Kier molecular flexibility index (Phi) is 3.32. The summed E-state index contributed by atoms with van der Waals surface area (Å²) in [6.45, 7) is 0.346. The van der Waals surface area contributed by atoms with Crippen LogP contribution in [0.15, 0.2) is 0 Å². The van der Waals surface area contributed by atoms with Crippen LogP contribution in [0, 0.1) is 0 Å². The first-order chi connectivity index (χ1) is 6.83. The molecule has 2 saturated heterocycles. The van der Waals surface area contributed by atoms with Gasteiger partial charge in [-0.2, -0.15) is 0 Å². The standard InChI is InChI=1S/C8H14O6/c9-1-5(10)7-8-6(12-4-14-7)2-11-3-13-8/h5-10H,1-4H2/t5-,6-,7+,8+/m0/s1. The zero-order chi connectivity index (χ0) is 9.97. The molecule has 0 unspecified atom stereocenters. The maximum absolute atomic E-state index is 9.47. The van der Waals surface area contributed by atoms with Crippen molar-refractivity contribution in [2.75, 3.05) is 26.8 Å². The Hall–Kier alpha value is -0.240. The Bertz CT molecular complexity index is 183.